The maximum atomic E-state index is 13.2. The molecule has 0 saturated carbocycles. The Hall–Kier alpha value is -2.18. The lowest BCUT2D eigenvalue weighted by molar-refractivity contribution is -0.928. The van der Waals surface area contributed by atoms with Crippen LogP contribution in [0.25, 0.3) is 6.08 Å². The second-order valence-corrected chi connectivity index (χ2v) is 9.23. The molecular formula is C23H27F2N2OS+. The predicted molar refractivity (Wildman–Crippen MR) is 117 cm³/mol. The summed E-state index contributed by atoms with van der Waals surface area (Å²) in [4.78, 5) is 12.1. The van der Waals surface area contributed by atoms with E-state index in [0.717, 1.165) is 17.1 Å². The highest BCUT2D eigenvalue weighted by Gasteiger charge is 2.29. The van der Waals surface area contributed by atoms with Crippen LogP contribution in [0.15, 0.2) is 48.5 Å². The van der Waals surface area contributed by atoms with Gasteiger partial charge in [-0.1, -0.05) is 12.1 Å². The largest absolute Gasteiger partial charge is 0.323 e. The van der Waals surface area contributed by atoms with Gasteiger partial charge in [0.25, 0.3) is 0 Å². The number of nitrogens with one attached hydrogen (secondary N) is 1. The predicted octanol–water partition coefficient (Wildman–Crippen LogP) is 5.09. The Labute approximate surface area is 175 Å². The zero-order valence-corrected chi connectivity index (χ0v) is 17.6. The summed E-state index contributed by atoms with van der Waals surface area (Å²) >= 11 is 2.04. The summed E-state index contributed by atoms with van der Waals surface area (Å²) in [7, 11) is 4.58. The molecule has 0 atom stereocenters. The SMILES string of the molecule is C[N+](C)(Cc1ccc(NC(=O)/C=C/c2cc(F)cc(F)c2)cc1)C1CCSCC1. The van der Waals surface area contributed by atoms with Crippen molar-refractivity contribution in [3.8, 4) is 0 Å². The van der Waals surface area contributed by atoms with E-state index >= 15 is 0 Å². The minimum Gasteiger partial charge on any atom is -0.323 e. The van der Waals surface area contributed by atoms with E-state index in [1.165, 1.54) is 54.2 Å². The Balaban J connectivity index is 1.57. The first-order valence-corrected chi connectivity index (χ1v) is 10.9. The van der Waals surface area contributed by atoms with Crippen molar-refractivity contribution in [3.63, 3.8) is 0 Å². The van der Waals surface area contributed by atoms with Crippen LogP contribution in [0.3, 0.4) is 0 Å². The molecule has 1 aliphatic rings. The van der Waals surface area contributed by atoms with E-state index in [1.807, 2.05) is 36.0 Å². The smallest absolute Gasteiger partial charge is 0.248 e. The summed E-state index contributed by atoms with van der Waals surface area (Å²) in [6, 6.07) is 11.7. The van der Waals surface area contributed by atoms with Crippen molar-refractivity contribution in [1.82, 2.24) is 0 Å². The summed E-state index contributed by atoms with van der Waals surface area (Å²) in [6.45, 7) is 0.953. The molecule has 1 N–H and O–H groups in total. The maximum Gasteiger partial charge on any atom is 0.248 e. The molecule has 0 radical (unpaired) electrons. The highest BCUT2D eigenvalue weighted by molar-refractivity contribution is 7.99. The van der Waals surface area contributed by atoms with Gasteiger partial charge in [0, 0.05) is 36.2 Å². The first-order chi connectivity index (χ1) is 13.8. The summed E-state index contributed by atoms with van der Waals surface area (Å²) in [6.07, 6.45) is 5.17. The first kappa shape index (κ1) is 21.5. The van der Waals surface area contributed by atoms with Crippen molar-refractivity contribution in [2.45, 2.75) is 25.4 Å². The van der Waals surface area contributed by atoms with Gasteiger partial charge >= 0.3 is 0 Å². The molecule has 6 heteroatoms. The molecule has 0 aromatic heterocycles. The maximum absolute atomic E-state index is 13.2. The van der Waals surface area contributed by atoms with Crippen LogP contribution in [-0.4, -0.2) is 42.0 Å². The van der Waals surface area contributed by atoms with E-state index in [4.69, 9.17) is 0 Å². The Bertz CT molecular complexity index is 855. The molecule has 0 unspecified atom stereocenters. The molecule has 154 valence electrons. The third-order valence-corrected chi connectivity index (χ3v) is 6.35. The number of hydrogen-bond donors (Lipinski definition) is 1. The number of anilines is 1. The highest BCUT2D eigenvalue weighted by atomic mass is 32.2. The molecule has 0 bridgehead atoms. The van der Waals surface area contributed by atoms with E-state index < -0.39 is 11.6 Å². The van der Waals surface area contributed by atoms with E-state index in [-0.39, 0.29) is 5.91 Å². The van der Waals surface area contributed by atoms with Crippen LogP contribution in [-0.2, 0) is 11.3 Å². The van der Waals surface area contributed by atoms with Crippen LogP contribution in [0.1, 0.15) is 24.0 Å². The summed E-state index contributed by atoms with van der Waals surface area (Å²) < 4.78 is 27.4. The van der Waals surface area contributed by atoms with Gasteiger partial charge in [-0.25, -0.2) is 8.78 Å². The molecule has 1 aliphatic heterocycles. The normalized spacial score (nSPS) is 15.6. The van der Waals surface area contributed by atoms with Gasteiger partial charge in [0.05, 0.1) is 20.1 Å². The highest BCUT2D eigenvalue weighted by Crippen LogP contribution is 2.27. The Kier molecular flexibility index (Phi) is 7.09. The third kappa shape index (κ3) is 6.41. The van der Waals surface area contributed by atoms with Gasteiger partial charge in [-0.3, -0.25) is 4.79 Å². The molecule has 1 amide bonds. The number of thioether (sulfide) groups is 1. The van der Waals surface area contributed by atoms with E-state index in [0.29, 0.717) is 17.3 Å². The molecule has 0 spiro atoms. The van der Waals surface area contributed by atoms with E-state index in [1.54, 1.807) is 0 Å². The van der Waals surface area contributed by atoms with Gasteiger partial charge in [-0.2, -0.15) is 11.8 Å². The molecule has 1 fully saturated rings. The van der Waals surface area contributed by atoms with Crippen LogP contribution in [0.4, 0.5) is 14.5 Å². The number of carbonyl (C=O) groups excluding carboxylic acids is 1. The van der Waals surface area contributed by atoms with E-state index in [2.05, 4.69) is 19.4 Å². The minimum absolute atomic E-state index is 0.300. The molecule has 3 rings (SSSR count). The first-order valence-electron chi connectivity index (χ1n) is 9.76. The number of carbonyl (C=O) groups is 1. The molecular weight excluding hydrogens is 390 g/mol. The van der Waals surface area contributed by atoms with Gasteiger partial charge in [0.2, 0.25) is 5.91 Å². The molecule has 0 aliphatic carbocycles. The number of nitrogens with zero attached hydrogens (tertiary/aromatic N) is 1. The Morgan fingerprint density at radius 3 is 2.34 bits per heavy atom. The van der Waals surface area contributed by atoms with Crippen LogP contribution in [0.5, 0.6) is 0 Å². The fourth-order valence-electron chi connectivity index (χ4n) is 3.70. The van der Waals surface area contributed by atoms with Crippen molar-refractivity contribution in [3.05, 3.63) is 71.3 Å². The number of hydrogen-bond acceptors (Lipinski definition) is 2. The fraction of sp³-hybridized carbons (Fsp3) is 0.348. The van der Waals surface area contributed by atoms with Crippen LogP contribution in [0, 0.1) is 11.6 Å². The lowest BCUT2D eigenvalue weighted by atomic mass is 10.1. The van der Waals surface area contributed by atoms with Crippen molar-refractivity contribution in [2.24, 2.45) is 0 Å². The number of rotatable bonds is 6. The Morgan fingerprint density at radius 2 is 1.72 bits per heavy atom. The minimum atomic E-state index is -0.672. The van der Waals surface area contributed by atoms with Crippen LogP contribution >= 0.6 is 11.8 Å². The van der Waals surface area contributed by atoms with Crippen molar-refractivity contribution in [1.29, 1.82) is 0 Å². The van der Waals surface area contributed by atoms with Crippen molar-refractivity contribution in [2.75, 3.05) is 30.9 Å². The molecule has 3 nitrogen and oxygen atoms in total. The monoisotopic (exact) mass is 417 g/mol. The quantitative estimate of drug-likeness (QED) is 0.524. The van der Waals surface area contributed by atoms with Crippen LogP contribution in [0.2, 0.25) is 0 Å². The van der Waals surface area contributed by atoms with Gasteiger partial charge in [-0.15, -0.1) is 0 Å². The van der Waals surface area contributed by atoms with E-state index in [9.17, 15) is 13.6 Å². The molecule has 1 saturated heterocycles. The fourth-order valence-corrected chi connectivity index (χ4v) is 4.79. The molecule has 1 heterocycles. The zero-order valence-electron chi connectivity index (χ0n) is 16.8. The van der Waals surface area contributed by atoms with Crippen molar-refractivity contribution >= 4 is 29.4 Å². The average molecular weight is 418 g/mol. The number of amides is 1. The van der Waals surface area contributed by atoms with Gasteiger partial charge in [0.1, 0.15) is 18.2 Å². The third-order valence-electron chi connectivity index (χ3n) is 5.30. The molecule has 2 aromatic carbocycles. The lowest BCUT2D eigenvalue weighted by Gasteiger charge is -2.40. The summed E-state index contributed by atoms with van der Waals surface area (Å²) in [5.41, 5.74) is 2.22. The number of quaternary nitrogens is 1. The number of halogens is 2. The zero-order chi connectivity index (χ0) is 20.9. The van der Waals surface area contributed by atoms with Crippen molar-refractivity contribution < 1.29 is 18.1 Å². The average Bonchev–Trinajstić information content (AvgIpc) is 2.68. The second-order valence-electron chi connectivity index (χ2n) is 8.00. The Morgan fingerprint density at radius 1 is 1.10 bits per heavy atom. The molecule has 29 heavy (non-hydrogen) atoms. The lowest BCUT2D eigenvalue weighted by Crippen LogP contribution is -2.49. The summed E-state index contributed by atoms with van der Waals surface area (Å²) in [5, 5.41) is 2.77. The van der Waals surface area contributed by atoms with Gasteiger partial charge < -0.3 is 9.80 Å². The van der Waals surface area contributed by atoms with Gasteiger partial charge in [0.15, 0.2) is 0 Å². The second kappa shape index (κ2) is 9.55. The van der Waals surface area contributed by atoms with Gasteiger partial charge in [-0.05, 0) is 47.4 Å². The molecule has 2 aromatic rings. The van der Waals surface area contributed by atoms with Crippen LogP contribution < -0.4 is 5.32 Å². The standard InChI is InChI=1S/C23H26F2N2OS/c1-27(2,22-9-11-29-12-10-22)16-17-3-6-21(7-4-17)26-23(28)8-5-18-13-19(24)15-20(25)14-18/h3-8,13-15,22H,9-12,16H2,1-2H3/p+1/b8-5+. The topological polar surface area (TPSA) is 29.1 Å². The summed E-state index contributed by atoms with van der Waals surface area (Å²) in [5.74, 6) is 0.793. The number of benzene rings is 2.